The van der Waals surface area contributed by atoms with Crippen LogP contribution in [0.25, 0.3) is 33.5 Å². The van der Waals surface area contributed by atoms with Gasteiger partial charge in [0.15, 0.2) is 17.0 Å². The lowest BCUT2D eigenvalue weighted by atomic mass is 10.2. The van der Waals surface area contributed by atoms with E-state index in [9.17, 15) is 0 Å². The molecule has 2 heterocycles. The molecule has 0 aliphatic carbocycles. The first-order valence-corrected chi connectivity index (χ1v) is 8.60. The normalized spacial score (nSPS) is 11.9. The van der Waals surface area contributed by atoms with Crippen molar-refractivity contribution in [3.05, 3.63) is 90.5 Å². The summed E-state index contributed by atoms with van der Waals surface area (Å²) in [6.45, 7) is 0. The molecule has 3 aromatic carbocycles. The first-order chi connectivity index (χ1) is 13.4. The molecule has 0 spiro atoms. The van der Waals surface area contributed by atoms with Gasteiger partial charge in [-0.05, 0) is 36.4 Å². The van der Waals surface area contributed by atoms with Crippen molar-refractivity contribution in [3.63, 3.8) is 0 Å². The van der Waals surface area contributed by atoms with E-state index in [1.165, 1.54) is 0 Å². The van der Waals surface area contributed by atoms with Gasteiger partial charge in [-0.25, -0.2) is 4.98 Å². The van der Waals surface area contributed by atoms with Crippen molar-refractivity contribution in [3.8, 4) is 11.5 Å². The molecule has 5 nitrogen and oxygen atoms in total. The second kappa shape index (κ2) is 6.46. The highest BCUT2D eigenvalue weighted by Crippen LogP contribution is 2.25. The van der Waals surface area contributed by atoms with Crippen LogP contribution in [0.3, 0.4) is 0 Å². The van der Waals surface area contributed by atoms with Gasteiger partial charge in [0.25, 0.3) is 5.55 Å². The average molecular weight is 353 g/mol. The molecule has 2 aromatic heterocycles. The Morgan fingerprint density at radius 3 is 2.33 bits per heavy atom. The van der Waals surface area contributed by atoms with Crippen molar-refractivity contribution in [1.82, 2.24) is 4.98 Å². The number of nitrogens with one attached hydrogen (secondary N) is 1. The third-order valence-corrected chi connectivity index (χ3v) is 4.23. The van der Waals surface area contributed by atoms with Gasteiger partial charge in [-0.2, -0.15) is 0 Å². The fraction of sp³-hybridized carbons (Fsp3) is 0. The highest BCUT2D eigenvalue weighted by molar-refractivity contribution is 5.83. The first kappa shape index (κ1) is 15.4. The number of benzene rings is 3. The summed E-state index contributed by atoms with van der Waals surface area (Å²) in [7, 11) is 0. The van der Waals surface area contributed by atoms with Crippen molar-refractivity contribution in [1.29, 1.82) is 0 Å². The third-order valence-electron chi connectivity index (χ3n) is 4.23. The van der Waals surface area contributed by atoms with Crippen LogP contribution in [0.5, 0.6) is 0 Å². The van der Waals surface area contributed by atoms with E-state index >= 15 is 0 Å². The summed E-state index contributed by atoms with van der Waals surface area (Å²) in [6, 6.07) is 27.1. The minimum absolute atomic E-state index is 0.358. The molecular formula is C22H15N3O2. The van der Waals surface area contributed by atoms with Gasteiger partial charge in [0.2, 0.25) is 0 Å². The molecule has 0 amide bonds. The lowest BCUT2D eigenvalue weighted by molar-refractivity contribution is 0.530. The van der Waals surface area contributed by atoms with Gasteiger partial charge in [-0.15, -0.1) is 5.10 Å². The Morgan fingerprint density at radius 2 is 1.48 bits per heavy atom. The third kappa shape index (κ3) is 2.95. The zero-order chi connectivity index (χ0) is 18.1. The van der Waals surface area contributed by atoms with Crippen LogP contribution in [0.1, 0.15) is 0 Å². The minimum atomic E-state index is 0.358. The van der Waals surface area contributed by atoms with Gasteiger partial charge in [0.05, 0.1) is 5.69 Å². The monoisotopic (exact) mass is 353 g/mol. The molecule has 5 rings (SSSR count). The highest BCUT2D eigenvalue weighted by Gasteiger charge is 2.13. The molecule has 0 saturated heterocycles. The SMILES string of the molecule is c1ccc(N/N=c2/oc3ccccc3nc2-c2cc3ccccc3o2)cc1. The molecule has 5 aromatic rings. The van der Waals surface area contributed by atoms with E-state index in [2.05, 4.69) is 10.5 Å². The Hall–Kier alpha value is -3.86. The predicted octanol–water partition coefficient (Wildman–Crippen LogP) is 5.17. The van der Waals surface area contributed by atoms with Crippen LogP contribution < -0.4 is 11.0 Å². The van der Waals surface area contributed by atoms with Crippen LogP contribution in [-0.4, -0.2) is 4.98 Å². The van der Waals surface area contributed by atoms with Gasteiger partial charge < -0.3 is 8.83 Å². The van der Waals surface area contributed by atoms with Gasteiger partial charge in [0.1, 0.15) is 11.1 Å². The summed E-state index contributed by atoms with van der Waals surface area (Å²) in [5.41, 5.74) is 6.98. The Labute approximate surface area is 154 Å². The second-order valence-corrected chi connectivity index (χ2v) is 6.07. The molecule has 0 aliphatic heterocycles. The van der Waals surface area contributed by atoms with Crippen LogP contribution in [0, 0.1) is 0 Å². The first-order valence-electron chi connectivity index (χ1n) is 8.60. The maximum Gasteiger partial charge on any atom is 0.266 e. The second-order valence-electron chi connectivity index (χ2n) is 6.07. The standard InChI is InChI=1S/C22H15N3O2/c1-2-9-16(10-3-1)24-25-22-21(23-17-11-5-7-13-19(17)27-22)20-14-15-8-4-6-12-18(15)26-20/h1-14,24H/b25-22+. The van der Waals surface area contributed by atoms with Crippen LogP contribution in [0.15, 0.2) is 98.9 Å². The van der Waals surface area contributed by atoms with Gasteiger partial charge in [-0.3, -0.25) is 5.43 Å². The summed E-state index contributed by atoms with van der Waals surface area (Å²) in [5, 5.41) is 5.44. The number of hydrogen-bond donors (Lipinski definition) is 1. The number of furan rings is 1. The number of para-hydroxylation sites is 4. The molecule has 130 valence electrons. The minimum Gasteiger partial charge on any atom is -0.454 e. The van der Waals surface area contributed by atoms with Crippen LogP contribution in [-0.2, 0) is 0 Å². The van der Waals surface area contributed by atoms with Crippen LogP contribution >= 0.6 is 0 Å². The lowest BCUT2D eigenvalue weighted by Crippen LogP contribution is -2.11. The summed E-state index contributed by atoms with van der Waals surface area (Å²) >= 11 is 0. The number of nitrogens with zero attached hydrogens (tertiary/aromatic N) is 2. The predicted molar refractivity (Wildman–Crippen MR) is 105 cm³/mol. The fourth-order valence-corrected chi connectivity index (χ4v) is 2.92. The molecule has 0 radical (unpaired) electrons. The van der Waals surface area contributed by atoms with E-state index in [1.54, 1.807) is 0 Å². The summed E-state index contributed by atoms with van der Waals surface area (Å²) in [5.74, 6) is 0.610. The smallest absolute Gasteiger partial charge is 0.266 e. The van der Waals surface area contributed by atoms with Crippen molar-refractivity contribution in [2.45, 2.75) is 0 Å². The quantitative estimate of drug-likeness (QED) is 0.455. The Morgan fingerprint density at radius 1 is 0.741 bits per heavy atom. The van der Waals surface area contributed by atoms with E-state index in [4.69, 9.17) is 13.8 Å². The molecule has 0 atom stereocenters. The molecule has 5 heteroatoms. The van der Waals surface area contributed by atoms with Crippen LogP contribution in [0.2, 0.25) is 0 Å². The molecular weight excluding hydrogens is 338 g/mol. The number of hydrogen-bond acceptors (Lipinski definition) is 5. The Balaban J connectivity index is 1.71. The lowest BCUT2D eigenvalue weighted by Gasteiger charge is -2.03. The van der Waals surface area contributed by atoms with Gasteiger partial charge in [-0.1, -0.05) is 48.5 Å². The summed E-state index contributed by atoms with van der Waals surface area (Å²) in [6.07, 6.45) is 0. The van der Waals surface area contributed by atoms with E-state index in [-0.39, 0.29) is 0 Å². The van der Waals surface area contributed by atoms with E-state index in [1.807, 2.05) is 84.9 Å². The molecule has 0 bridgehead atoms. The highest BCUT2D eigenvalue weighted by atomic mass is 16.4. The van der Waals surface area contributed by atoms with Crippen LogP contribution in [0.4, 0.5) is 5.69 Å². The van der Waals surface area contributed by atoms with Crippen molar-refractivity contribution < 1.29 is 8.83 Å². The molecule has 0 aliphatic rings. The Bertz CT molecular complexity index is 1270. The van der Waals surface area contributed by atoms with Crippen molar-refractivity contribution >= 4 is 27.8 Å². The molecule has 1 N–H and O–H groups in total. The summed E-state index contributed by atoms with van der Waals surface area (Å²) in [4.78, 5) is 4.73. The number of anilines is 1. The van der Waals surface area contributed by atoms with E-state index in [0.29, 0.717) is 22.6 Å². The zero-order valence-corrected chi connectivity index (χ0v) is 14.3. The topological polar surface area (TPSA) is 63.6 Å². The number of fused-ring (bicyclic) bond motifs is 2. The molecule has 0 unspecified atom stereocenters. The Kier molecular flexibility index (Phi) is 3.68. The van der Waals surface area contributed by atoms with E-state index < -0.39 is 0 Å². The van der Waals surface area contributed by atoms with Crippen molar-refractivity contribution in [2.24, 2.45) is 5.10 Å². The largest absolute Gasteiger partial charge is 0.454 e. The zero-order valence-electron chi connectivity index (χ0n) is 14.3. The number of rotatable bonds is 3. The summed E-state index contributed by atoms with van der Waals surface area (Å²) < 4.78 is 12.0. The average Bonchev–Trinajstić information content (AvgIpc) is 3.16. The van der Waals surface area contributed by atoms with Gasteiger partial charge in [0, 0.05) is 5.39 Å². The molecule has 27 heavy (non-hydrogen) atoms. The molecule has 0 saturated carbocycles. The maximum absolute atomic E-state index is 6.01. The maximum atomic E-state index is 6.01. The van der Waals surface area contributed by atoms with Crippen molar-refractivity contribution in [2.75, 3.05) is 5.43 Å². The molecule has 0 fully saturated rings. The van der Waals surface area contributed by atoms with E-state index in [0.717, 1.165) is 22.2 Å². The fourth-order valence-electron chi connectivity index (χ4n) is 2.92. The number of aromatic nitrogens is 1. The van der Waals surface area contributed by atoms with Gasteiger partial charge >= 0.3 is 0 Å².